The number of nitrogens with one attached hydrogen (secondary N) is 2. The highest BCUT2D eigenvalue weighted by Gasteiger charge is 2.13. The molecule has 2 rings (SSSR count). The van der Waals surface area contributed by atoms with Gasteiger partial charge >= 0.3 is 0 Å². The lowest BCUT2D eigenvalue weighted by Gasteiger charge is -2.14. The van der Waals surface area contributed by atoms with Crippen molar-refractivity contribution in [2.45, 2.75) is 33.2 Å². The molecule has 2 aromatic rings. The highest BCUT2D eigenvalue weighted by molar-refractivity contribution is 5.97. The first-order chi connectivity index (χ1) is 13.1. The van der Waals surface area contributed by atoms with Crippen molar-refractivity contribution in [2.24, 2.45) is 0 Å². The number of hydrogen-bond donors (Lipinski definition) is 2. The van der Waals surface area contributed by atoms with Gasteiger partial charge in [-0.1, -0.05) is 31.2 Å². The fourth-order valence-electron chi connectivity index (χ4n) is 2.52. The largest absolute Gasteiger partial charge is 0.494 e. The van der Waals surface area contributed by atoms with Crippen LogP contribution in [-0.4, -0.2) is 12.5 Å². The van der Waals surface area contributed by atoms with Crippen LogP contribution in [-0.2, 0) is 11.2 Å². The standard InChI is InChI=1S/C22H25N3O2/c1-4-17-6-8-18(9-7-17)16(3)25-22(26)19(14-23)15-24-20-10-12-21(13-11-20)27-5-2/h6-13,15-16,24H,4-5H2,1-3H3,(H,25,26)/b19-15-. The molecule has 2 N–H and O–H groups in total. The van der Waals surface area contributed by atoms with Gasteiger partial charge in [-0.3, -0.25) is 4.79 Å². The van der Waals surface area contributed by atoms with E-state index in [1.807, 2.05) is 68.4 Å². The summed E-state index contributed by atoms with van der Waals surface area (Å²) in [6.07, 6.45) is 2.39. The fraction of sp³-hybridized carbons (Fsp3) is 0.273. The topological polar surface area (TPSA) is 74.1 Å². The summed E-state index contributed by atoms with van der Waals surface area (Å²) in [4.78, 5) is 12.4. The van der Waals surface area contributed by atoms with Crippen molar-refractivity contribution in [3.63, 3.8) is 0 Å². The van der Waals surface area contributed by atoms with Crippen molar-refractivity contribution >= 4 is 11.6 Å². The number of ether oxygens (including phenoxy) is 1. The molecule has 0 aromatic heterocycles. The molecule has 0 fully saturated rings. The SMILES string of the molecule is CCOc1ccc(N/C=C(/C#N)C(=O)NC(C)c2ccc(CC)cc2)cc1. The van der Waals surface area contributed by atoms with Gasteiger partial charge in [0, 0.05) is 11.9 Å². The number of aryl methyl sites for hydroxylation is 1. The summed E-state index contributed by atoms with van der Waals surface area (Å²) in [5, 5.41) is 15.1. The maximum atomic E-state index is 12.4. The Morgan fingerprint density at radius 2 is 1.81 bits per heavy atom. The zero-order chi connectivity index (χ0) is 19.6. The smallest absolute Gasteiger partial charge is 0.263 e. The van der Waals surface area contributed by atoms with Gasteiger partial charge in [-0.05, 0) is 55.7 Å². The van der Waals surface area contributed by atoms with Gasteiger partial charge in [-0.25, -0.2) is 0 Å². The quantitative estimate of drug-likeness (QED) is 0.540. The molecule has 1 amide bonds. The monoisotopic (exact) mass is 363 g/mol. The molecule has 1 unspecified atom stereocenters. The second-order valence-electron chi connectivity index (χ2n) is 6.06. The average Bonchev–Trinajstić information content (AvgIpc) is 2.70. The Morgan fingerprint density at radius 1 is 1.15 bits per heavy atom. The van der Waals surface area contributed by atoms with E-state index in [1.165, 1.54) is 11.8 Å². The predicted molar refractivity (Wildman–Crippen MR) is 107 cm³/mol. The first kappa shape index (κ1) is 20.1. The summed E-state index contributed by atoms with van der Waals surface area (Å²) in [7, 11) is 0. The molecule has 0 heterocycles. The lowest BCUT2D eigenvalue weighted by Crippen LogP contribution is -2.28. The van der Waals surface area contributed by atoms with Crippen LogP contribution in [0.2, 0.25) is 0 Å². The number of anilines is 1. The molecule has 0 bridgehead atoms. The van der Waals surface area contributed by atoms with Crippen molar-refractivity contribution in [3.05, 3.63) is 71.4 Å². The number of carbonyl (C=O) groups excluding carboxylic acids is 1. The van der Waals surface area contributed by atoms with E-state index in [9.17, 15) is 10.1 Å². The number of nitriles is 1. The van der Waals surface area contributed by atoms with Crippen LogP contribution in [0.1, 0.15) is 37.9 Å². The van der Waals surface area contributed by atoms with Crippen molar-refractivity contribution in [3.8, 4) is 11.8 Å². The van der Waals surface area contributed by atoms with Gasteiger partial charge in [0.15, 0.2) is 0 Å². The Hall–Kier alpha value is -3.26. The van der Waals surface area contributed by atoms with Gasteiger partial charge in [-0.2, -0.15) is 5.26 Å². The van der Waals surface area contributed by atoms with Crippen LogP contribution in [0.25, 0.3) is 0 Å². The highest BCUT2D eigenvalue weighted by atomic mass is 16.5. The van der Waals surface area contributed by atoms with Crippen molar-refractivity contribution < 1.29 is 9.53 Å². The van der Waals surface area contributed by atoms with Gasteiger partial charge < -0.3 is 15.4 Å². The molecule has 0 radical (unpaired) electrons. The van der Waals surface area contributed by atoms with Crippen LogP contribution in [0.3, 0.4) is 0 Å². The Morgan fingerprint density at radius 3 is 2.37 bits per heavy atom. The molecule has 0 spiro atoms. The fourth-order valence-corrected chi connectivity index (χ4v) is 2.52. The summed E-state index contributed by atoms with van der Waals surface area (Å²) in [5.41, 5.74) is 3.02. The van der Waals surface area contributed by atoms with E-state index < -0.39 is 5.91 Å². The van der Waals surface area contributed by atoms with Gasteiger partial charge in [0.1, 0.15) is 17.4 Å². The van der Waals surface area contributed by atoms with Crippen molar-refractivity contribution in [1.82, 2.24) is 5.32 Å². The van der Waals surface area contributed by atoms with Gasteiger partial charge in [0.25, 0.3) is 5.91 Å². The van der Waals surface area contributed by atoms with Crippen LogP contribution in [0.5, 0.6) is 5.75 Å². The van der Waals surface area contributed by atoms with Crippen LogP contribution in [0, 0.1) is 11.3 Å². The number of hydrogen-bond acceptors (Lipinski definition) is 4. The molecule has 0 aliphatic heterocycles. The van der Waals surface area contributed by atoms with E-state index >= 15 is 0 Å². The Balaban J connectivity index is 1.99. The number of nitrogens with zero attached hydrogens (tertiary/aromatic N) is 1. The van der Waals surface area contributed by atoms with E-state index in [-0.39, 0.29) is 11.6 Å². The van der Waals surface area contributed by atoms with Crippen LogP contribution < -0.4 is 15.4 Å². The summed E-state index contributed by atoms with van der Waals surface area (Å²) >= 11 is 0. The zero-order valence-electron chi connectivity index (χ0n) is 16.0. The molecular weight excluding hydrogens is 338 g/mol. The van der Waals surface area contributed by atoms with E-state index in [0.29, 0.717) is 6.61 Å². The molecule has 2 aromatic carbocycles. The molecule has 0 saturated carbocycles. The second-order valence-corrected chi connectivity index (χ2v) is 6.06. The molecule has 0 aliphatic rings. The van der Waals surface area contributed by atoms with E-state index in [1.54, 1.807) is 0 Å². The number of benzene rings is 2. The van der Waals surface area contributed by atoms with Gasteiger partial charge in [-0.15, -0.1) is 0 Å². The third-order valence-electron chi connectivity index (χ3n) is 4.15. The van der Waals surface area contributed by atoms with Crippen molar-refractivity contribution in [2.75, 3.05) is 11.9 Å². The minimum Gasteiger partial charge on any atom is -0.494 e. The molecule has 0 aliphatic carbocycles. The van der Waals surface area contributed by atoms with Crippen LogP contribution in [0.15, 0.2) is 60.3 Å². The minimum atomic E-state index is -0.414. The predicted octanol–water partition coefficient (Wildman–Crippen LogP) is 4.34. The maximum absolute atomic E-state index is 12.4. The molecule has 140 valence electrons. The van der Waals surface area contributed by atoms with E-state index in [4.69, 9.17) is 4.74 Å². The number of amides is 1. The Bertz CT molecular complexity index is 818. The second kappa shape index (κ2) is 10.0. The third kappa shape index (κ3) is 5.89. The van der Waals surface area contributed by atoms with Crippen molar-refractivity contribution in [1.29, 1.82) is 5.26 Å². The molecule has 27 heavy (non-hydrogen) atoms. The lowest BCUT2D eigenvalue weighted by atomic mass is 10.0. The molecule has 5 heteroatoms. The zero-order valence-corrected chi connectivity index (χ0v) is 16.0. The highest BCUT2D eigenvalue weighted by Crippen LogP contribution is 2.17. The Kier molecular flexibility index (Phi) is 7.45. The molecule has 1 atom stereocenters. The molecule has 5 nitrogen and oxygen atoms in total. The third-order valence-corrected chi connectivity index (χ3v) is 4.15. The van der Waals surface area contributed by atoms with Crippen LogP contribution in [0.4, 0.5) is 5.69 Å². The minimum absolute atomic E-state index is 0.0147. The van der Waals surface area contributed by atoms with E-state index in [0.717, 1.165) is 23.4 Å². The average molecular weight is 363 g/mol. The Labute approximate surface area is 160 Å². The first-order valence-corrected chi connectivity index (χ1v) is 9.06. The summed E-state index contributed by atoms with van der Waals surface area (Å²) in [6, 6.07) is 17.1. The molecular formula is C22H25N3O2. The van der Waals surface area contributed by atoms with Gasteiger partial charge in [0.2, 0.25) is 0 Å². The number of carbonyl (C=O) groups is 1. The van der Waals surface area contributed by atoms with E-state index in [2.05, 4.69) is 17.6 Å². The normalized spacial score (nSPS) is 12.0. The van der Waals surface area contributed by atoms with Gasteiger partial charge in [0.05, 0.1) is 12.6 Å². The molecule has 0 saturated heterocycles. The summed E-state index contributed by atoms with van der Waals surface area (Å²) < 4.78 is 5.39. The lowest BCUT2D eigenvalue weighted by molar-refractivity contribution is -0.117. The summed E-state index contributed by atoms with van der Waals surface area (Å²) in [6.45, 7) is 6.52. The maximum Gasteiger partial charge on any atom is 0.263 e. The summed E-state index contributed by atoms with van der Waals surface area (Å²) in [5.74, 6) is 0.358. The van der Waals surface area contributed by atoms with Crippen LogP contribution >= 0.6 is 0 Å². The first-order valence-electron chi connectivity index (χ1n) is 9.06. The number of rotatable bonds is 8.